The Balaban J connectivity index is 1.87. The Bertz CT molecular complexity index is 575. The van der Waals surface area contributed by atoms with Gasteiger partial charge in [-0.2, -0.15) is 0 Å². The Morgan fingerprint density at radius 2 is 2.25 bits per heavy atom. The van der Waals surface area contributed by atoms with Crippen LogP contribution >= 0.6 is 0 Å². The lowest BCUT2D eigenvalue weighted by atomic mass is 10.2. The van der Waals surface area contributed by atoms with Gasteiger partial charge in [0.1, 0.15) is 5.75 Å². The number of hydrogen-bond acceptors (Lipinski definition) is 3. The van der Waals surface area contributed by atoms with E-state index in [1.54, 1.807) is 6.20 Å². The molecule has 1 heterocycles. The molecule has 0 aliphatic heterocycles. The van der Waals surface area contributed by atoms with E-state index in [-0.39, 0.29) is 5.78 Å². The predicted molar refractivity (Wildman–Crippen MR) is 78.1 cm³/mol. The monoisotopic (exact) mass is 272 g/mol. The van der Waals surface area contributed by atoms with Crippen LogP contribution in [0.1, 0.15) is 35.9 Å². The summed E-state index contributed by atoms with van der Waals surface area (Å²) in [4.78, 5) is 16.2. The number of carbonyl (C=O) groups excluding carboxylic acids is 1. The van der Waals surface area contributed by atoms with Crippen LogP contribution in [-0.4, -0.2) is 21.9 Å². The van der Waals surface area contributed by atoms with E-state index in [1.165, 1.54) is 0 Å². The number of ether oxygens (including phenoxy) is 1. The first-order chi connectivity index (χ1) is 9.70. The van der Waals surface area contributed by atoms with Crippen molar-refractivity contribution in [1.82, 2.24) is 9.55 Å². The molecular weight excluding hydrogens is 252 g/mol. The zero-order valence-corrected chi connectivity index (χ0v) is 12.0. The highest BCUT2D eigenvalue weighted by atomic mass is 16.5. The minimum absolute atomic E-state index is 0.0242. The van der Waals surface area contributed by atoms with Gasteiger partial charge in [0.2, 0.25) is 5.78 Å². The van der Waals surface area contributed by atoms with Gasteiger partial charge in [0.25, 0.3) is 0 Å². The second-order valence-electron chi connectivity index (χ2n) is 4.78. The van der Waals surface area contributed by atoms with Gasteiger partial charge in [0.05, 0.1) is 6.61 Å². The lowest BCUT2D eigenvalue weighted by Crippen LogP contribution is -2.13. The van der Waals surface area contributed by atoms with Crippen LogP contribution in [0.5, 0.6) is 5.75 Å². The van der Waals surface area contributed by atoms with E-state index in [0.717, 1.165) is 24.3 Å². The Kier molecular flexibility index (Phi) is 4.93. The quantitative estimate of drug-likeness (QED) is 0.727. The van der Waals surface area contributed by atoms with Crippen LogP contribution in [0.2, 0.25) is 0 Å². The van der Waals surface area contributed by atoms with Gasteiger partial charge >= 0.3 is 0 Å². The molecular formula is C16H20N2O2. The summed E-state index contributed by atoms with van der Waals surface area (Å²) >= 11 is 0. The van der Waals surface area contributed by atoms with Crippen LogP contribution in [-0.2, 0) is 6.54 Å². The number of ketones is 1. The number of benzene rings is 1. The molecule has 0 saturated carbocycles. The molecule has 4 heteroatoms. The van der Waals surface area contributed by atoms with Crippen molar-refractivity contribution in [2.24, 2.45) is 0 Å². The summed E-state index contributed by atoms with van der Waals surface area (Å²) in [7, 11) is 0. The zero-order chi connectivity index (χ0) is 14.4. The van der Waals surface area contributed by atoms with Crippen LogP contribution in [0.4, 0.5) is 0 Å². The minimum atomic E-state index is 0.0242. The van der Waals surface area contributed by atoms with Gasteiger partial charge < -0.3 is 9.30 Å². The molecule has 0 spiro atoms. The van der Waals surface area contributed by atoms with E-state index in [1.807, 2.05) is 42.0 Å². The molecule has 2 aromatic rings. The molecule has 0 saturated heterocycles. The molecule has 0 radical (unpaired) electrons. The summed E-state index contributed by atoms with van der Waals surface area (Å²) in [6.45, 7) is 5.29. The number of aryl methyl sites for hydroxylation is 2. The number of nitrogens with zero attached hydrogens (tertiary/aromatic N) is 2. The van der Waals surface area contributed by atoms with Crippen LogP contribution in [0.3, 0.4) is 0 Å². The van der Waals surface area contributed by atoms with Crippen LogP contribution in [0.25, 0.3) is 0 Å². The summed E-state index contributed by atoms with van der Waals surface area (Å²) in [6.07, 6.45) is 4.84. The maximum atomic E-state index is 12.1. The molecule has 4 nitrogen and oxygen atoms in total. The van der Waals surface area contributed by atoms with Crippen molar-refractivity contribution in [3.05, 3.63) is 48.0 Å². The Labute approximate surface area is 119 Å². The van der Waals surface area contributed by atoms with Gasteiger partial charge in [-0.15, -0.1) is 0 Å². The number of hydrogen-bond donors (Lipinski definition) is 0. The molecule has 0 atom stereocenters. The van der Waals surface area contributed by atoms with Crippen LogP contribution < -0.4 is 4.74 Å². The molecule has 2 rings (SSSR count). The Hall–Kier alpha value is -2.10. The third kappa shape index (κ3) is 3.70. The molecule has 0 bridgehead atoms. The first kappa shape index (κ1) is 14.3. The summed E-state index contributed by atoms with van der Waals surface area (Å²) in [6, 6.07) is 7.82. The van der Waals surface area contributed by atoms with E-state index < -0.39 is 0 Å². The molecule has 20 heavy (non-hydrogen) atoms. The molecule has 0 unspecified atom stereocenters. The zero-order valence-electron chi connectivity index (χ0n) is 12.0. The van der Waals surface area contributed by atoms with Gasteiger partial charge in [-0.3, -0.25) is 4.79 Å². The van der Waals surface area contributed by atoms with Crippen molar-refractivity contribution < 1.29 is 9.53 Å². The number of imidazole rings is 1. The Morgan fingerprint density at radius 3 is 3.00 bits per heavy atom. The maximum absolute atomic E-state index is 12.1. The number of carbonyl (C=O) groups is 1. The van der Waals surface area contributed by atoms with Gasteiger partial charge in [-0.1, -0.05) is 19.1 Å². The minimum Gasteiger partial charge on any atom is -0.493 e. The van der Waals surface area contributed by atoms with Crippen molar-refractivity contribution in [1.29, 1.82) is 0 Å². The number of rotatable bonds is 7. The average Bonchev–Trinajstić information content (AvgIpc) is 2.87. The van der Waals surface area contributed by atoms with Crippen molar-refractivity contribution in [3.63, 3.8) is 0 Å². The normalized spacial score (nSPS) is 10.5. The fourth-order valence-electron chi connectivity index (χ4n) is 2.06. The molecule has 106 valence electrons. The van der Waals surface area contributed by atoms with Crippen molar-refractivity contribution in [2.45, 2.75) is 33.2 Å². The lowest BCUT2D eigenvalue weighted by Gasteiger charge is -2.07. The SMILES string of the molecule is CCCn1ccnc1C(=O)CCOc1cccc(C)c1. The molecule has 0 fully saturated rings. The number of aromatic nitrogens is 2. The van der Waals surface area contributed by atoms with E-state index in [9.17, 15) is 4.79 Å². The maximum Gasteiger partial charge on any atom is 0.201 e. The third-order valence-corrected chi connectivity index (χ3v) is 3.02. The molecule has 0 amide bonds. The summed E-state index contributed by atoms with van der Waals surface area (Å²) in [5, 5.41) is 0. The van der Waals surface area contributed by atoms with Gasteiger partial charge in [0.15, 0.2) is 5.82 Å². The van der Waals surface area contributed by atoms with Gasteiger partial charge in [0, 0.05) is 25.4 Å². The van der Waals surface area contributed by atoms with E-state index in [2.05, 4.69) is 11.9 Å². The summed E-state index contributed by atoms with van der Waals surface area (Å²) in [5.74, 6) is 1.35. The molecule has 0 aliphatic rings. The predicted octanol–water partition coefficient (Wildman–Crippen LogP) is 3.25. The van der Waals surface area contributed by atoms with Gasteiger partial charge in [-0.25, -0.2) is 4.98 Å². The molecule has 1 aromatic carbocycles. The van der Waals surface area contributed by atoms with E-state index >= 15 is 0 Å². The Morgan fingerprint density at radius 1 is 1.40 bits per heavy atom. The fourth-order valence-corrected chi connectivity index (χ4v) is 2.06. The van der Waals surface area contributed by atoms with Crippen molar-refractivity contribution in [2.75, 3.05) is 6.61 Å². The van der Waals surface area contributed by atoms with Crippen LogP contribution in [0.15, 0.2) is 36.7 Å². The molecule has 1 aromatic heterocycles. The smallest absolute Gasteiger partial charge is 0.201 e. The lowest BCUT2D eigenvalue weighted by molar-refractivity contribution is 0.0947. The largest absolute Gasteiger partial charge is 0.493 e. The topological polar surface area (TPSA) is 44.1 Å². The van der Waals surface area contributed by atoms with Crippen LogP contribution in [0, 0.1) is 6.92 Å². The highest BCUT2D eigenvalue weighted by Gasteiger charge is 2.12. The number of Topliss-reactive ketones (excluding diaryl/α,β-unsaturated/α-hetero) is 1. The summed E-state index contributed by atoms with van der Waals surface area (Å²) in [5.41, 5.74) is 1.15. The second kappa shape index (κ2) is 6.89. The first-order valence-electron chi connectivity index (χ1n) is 6.94. The summed E-state index contributed by atoms with van der Waals surface area (Å²) < 4.78 is 7.50. The van der Waals surface area contributed by atoms with Crippen molar-refractivity contribution in [3.8, 4) is 5.75 Å². The molecule has 0 N–H and O–H groups in total. The van der Waals surface area contributed by atoms with Gasteiger partial charge in [-0.05, 0) is 31.0 Å². The standard InChI is InChI=1S/C16H20N2O2/c1-3-9-18-10-8-17-16(18)15(19)7-11-20-14-6-4-5-13(2)12-14/h4-6,8,10,12H,3,7,9,11H2,1-2H3. The first-order valence-corrected chi connectivity index (χ1v) is 6.94. The highest BCUT2D eigenvalue weighted by Crippen LogP contribution is 2.13. The molecule has 0 aliphatic carbocycles. The van der Waals surface area contributed by atoms with Crippen molar-refractivity contribution >= 4 is 5.78 Å². The van der Waals surface area contributed by atoms with E-state index in [4.69, 9.17) is 4.74 Å². The fraction of sp³-hybridized carbons (Fsp3) is 0.375. The van der Waals surface area contributed by atoms with E-state index in [0.29, 0.717) is 18.9 Å². The second-order valence-corrected chi connectivity index (χ2v) is 4.78. The highest BCUT2D eigenvalue weighted by molar-refractivity contribution is 5.92. The average molecular weight is 272 g/mol. The third-order valence-electron chi connectivity index (χ3n) is 3.02.